The Balaban J connectivity index is 3.05. The van der Waals surface area contributed by atoms with Crippen molar-refractivity contribution < 1.29 is 0 Å². The summed E-state index contributed by atoms with van der Waals surface area (Å²) in [6, 6.07) is 5.78. The fourth-order valence-electron chi connectivity index (χ4n) is 1.55. The van der Waals surface area contributed by atoms with E-state index in [-0.39, 0.29) is 5.92 Å². The van der Waals surface area contributed by atoms with Gasteiger partial charge in [0.25, 0.3) is 0 Å². The number of hydrogen-bond acceptors (Lipinski definition) is 5. The predicted molar refractivity (Wildman–Crippen MR) is 66.0 cm³/mol. The quantitative estimate of drug-likeness (QED) is 0.845. The van der Waals surface area contributed by atoms with Crippen molar-refractivity contribution in [3.8, 4) is 12.1 Å². The van der Waals surface area contributed by atoms with Gasteiger partial charge in [-0.2, -0.15) is 10.5 Å². The molecule has 0 bridgehead atoms. The Morgan fingerprint density at radius 3 is 2.76 bits per heavy atom. The molecule has 1 heterocycles. The van der Waals surface area contributed by atoms with E-state index in [2.05, 4.69) is 11.1 Å². The van der Waals surface area contributed by atoms with Crippen LogP contribution in [0, 0.1) is 28.6 Å². The Bertz CT molecular complexity index is 469. The first-order chi connectivity index (χ1) is 8.13. The Kier molecular flexibility index (Phi) is 4.30. The van der Waals surface area contributed by atoms with Gasteiger partial charge in [0.1, 0.15) is 6.07 Å². The maximum Gasteiger partial charge on any atom is 0.153 e. The molecule has 0 spiro atoms. The van der Waals surface area contributed by atoms with Gasteiger partial charge in [0, 0.05) is 19.3 Å². The highest BCUT2D eigenvalue weighted by Crippen LogP contribution is 2.23. The molecule has 2 N–H and O–H groups in total. The summed E-state index contributed by atoms with van der Waals surface area (Å²) in [4.78, 5) is 6.09. The monoisotopic (exact) mass is 229 g/mol. The van der Waals surface area contributed by atoms with E-state index in [1.54, 1.807) is 12.3 Å². The minimum Gasteiger partial charge on any atom is -0.395 e. The van der Waals surface area contributed by atoms with E-state index in [9.17, 15) is 0 Å². The number of rotatable bonds is 4. The first-order valence-electron chi connectivity index (χ1n) is 5.43. The van der Waals surface area contributed by atoms with Gasteiger partial charge in [-0.25, -0.2) is 4.98 Å². The van der Waals surface area contributed by atoms with Crippen molar-refractivity contribution in [1.82, 2.24) is 4.98 Å². The summed E-state index contributed by atoms with van der Waals surface area (Å²) in [7, 11) is 0. The molecule has 5 heteroatoms. The number of nitriles is 2. The average molecular weight is 229 g/mol. The van der Waals surface area contributed by atoms with Crippen LogP contribution in [0.4, 0.5) is 11.5 Å². The van der Waals surface area contributed by atoms with Gasteiger partial charge in [0.15, 0.2) is 5.82 Å². The Morgan fingerprint density at radius 1 is 1.53 bits per heavy atom. The molecule has 1 aromatic rings. The molecule has 1 rings (SSSR count). The summed E-state index contributed by atoms with van der Waals surface area (Å²) in [5.41, 5.74) is 6.67. The van der Waals surface area contributed by atoms with Crippen molar-refractivity contribution in [2.45, 2.75) is 13.8 Å². The van der Waals surface area contributed by atoms with Gasteiger partial charge in [-0.3, -0.25) is 0 Å². The van der Waals surface area contributed by atoms with Crippen molar-refractivity contribution in [1.29, 1.82) is 10.5 Å². The van der Waals surface area contributed by atoms with Crippen molar-refractivity contribution in [2.75, 3.05) is 23.7 Å². The molecular weight excluding hydrogens is 214 g/mol. The number of aromatic nitrogens is 1. The molecule has 0 saturated heterocycles. The van der Waals surface area contributed by atoms with Crippen LogP contribution in [0.3, 0.4) is 0 Å². The number of hydrogen-bond donors (Lipinski definition) is 1. The lowest BCUT2D eigenvalue weighted by Crippen LogP contribution is -2.29. The zero-order valence-electron chi connectivity index (χ0n) is 10.0. The van der Waals surface area contributed by atoms with E-state index in [0.29, 0.717) is 30.2 Å². The molecule has 17 heavy (non-hydrogen) atoms. The highest BCUT2D eigenvalue weighted by atomic mass is 15.2. The molecule has 0 saturated carbocycles. The Hall–Kier alpha value is -2.27. The second-order valence-electron chi connectivity index (χ2n) is 3.78. The maximum atomic E-state index is 8.90. The lowest BCUT2D eigenvalue weighted by molar-refractivity contribution is 0.680. The van der Waals surface area contributed by atoms with Gasteiger partial charge in [-0.1, -0.05) is 0 Å². The largest absolute Gasteiger partial charge is 0.395 e. The van der Waals surface area contributed by atoms with E-state index in [0.717, 1.165) is 0 Å². The molecule has 5 nitrogen and oxygen atoms in total. The number of pyridine rings is 1. The summed E-state index contributed by atoms with van der Waals surface area (Å²) in [5, 5.41) is 17.7. The molecule has 0 aliphatic heterocycles. The van der Waals surface area contributed by atoms with E-state index in [1.807, 2.05) is 24.8 Å². The third-order valence-electron chi connectivity index (χ3n) is 2.49. The van der Waals surface area contributed by atoms with Crippen molar-refractivity contribution in [2.24, 2.45) is 5.92 Å². The first kappa shape index (κ1) is 12.8. The van der Waals surface area contributed by atoms with E-state index in [4.69, 9.17) is 16.3 Å². The van der Waals surface area contributed by atoms with Crippen LogP contribution < -0.4 is 10.6 Å². The van der Waals surface area contributed by atoms with E-state index < -0.39 is 0 Å². The fraction of sp³-hybridized carbons (Fsp3) is 0.417. The van der Waals surface area contributed by atoms with Gasteiger partial charge in [0.05, 0.1) is 23.2 Å². The van der Waals surface area contributed by atoms with Crippen LogP contribution in [-0.2, 0) is 0 Å². The lowest BCUT2D eigenvalue weighted by Gasteiger charge is -2.24. The van der Waals surface area contributed by atoms with Crippen LogP contribution in [0.15, 0.2) is 12.3 Å². The van der Waals surface area contributed by atoms with Crippen LogP contribution in [-0.4, -0.2) is 18.1 Å². The van der Waals surface area contributed by atoms with Gasteiger partial charge in [-0.15, -0.1) is 0 Å². The summed E-state index contributed by atoms with van der Waals surface area (Å²) in [6.45, 7) is 5.05. The second-order valence-corrected chi connectivity index (χ2v) is 3.78. The van der Waals surface area contributed by atoms with Crippen LogP contribution in [0.1, 0.15) is 19.4 Å². The Labute approximate surface area is 101 Å². The zero-order valence-corrected chi connectivity index (χ0v) is 10.0. The highest BCUT2D eigenvalue weighted by molar-refractivity contribution is 5.69. The van der Waals surface area contributed by atoms with Crippen molar-refractivity contribution in [3.05, 3.63) is 17.8 Å². The molecule has 0 aromatic carbocycles. The van der Waals surface area contributed by atoms with Gasteiger partial charge in [-0.05, 0) is 19.9 Å². The first-order valence-corrected chi connectivity index (χ1v) is 5.43. The summed E-state index contributed by atoms with van der Waals surface area (Å²) in [6.07, 6.45) is 1.56. The summed E-state index contributed by atoms with van der Waals surface area (Å²) in [5.74, 6) is 0.468. The number of nitrogen functional groups attached to an aromatic ring is 1. The maximum absolute atomic E-state index is 8.90. The average Bonchev–Trinajstić information content (AvgIpc) is 2.36. The molecule has 1 unspecified atom stereocenters. The van der Waals surface area contributed by atoms with Crippen LogP contribution >= 0.6 is 0 Å². The number of anilines is 2. The number of nitrogens with two attached hydrogens (primary N) is 1. The Morgan fingerprint density at radius 2 is 2.24 bits per heavy atom. The fourth-order valence-corrected chi connectivity index (χ4v) is 1.55. The molecule has 1 aromatic heterocycles. The second kappa shape index (κ2) is 5.72. The van der Waals surface area contributed by atoms with Gasteiger partial charge in [0.2, 0.25) is 0 Å². The van der Waals surface area contributed by atoms with Crippen LogP contribution in [0.2, 0.25) is 0 Å². The molecule has 0 fully saturated rings. The van der Waals surface area contributed by atoms with Crippen LogP contribution in [0.5, 0.6) is 0 Å². The molecule has 88 valence electrons. The number of nitrogens with zero attached hydrogens (tertiary/aromatic N) is 4. The van der Waals surface area contributed by atoms with Crippen LogP contribution in [0.25, 0.3) is 0 Å². The molecular formula is C12H15N5. The van der Waals surface area contributed by atoms with E-state index in [1.165, 1.54) is 0 Å². The molecule has 0 radical (unpaired) electrons. The predicted octanol–water partition coefficient (Wildman–Crippen LogP) is 1.52. The smallest absolute Gasteiger partial charge is 0.153 e. The minimum absolute atomic E-state index is 0.109. The third kappa shape index (κ3) is 2.85. The molecule has 0 aliphatic carbocycles. The SMILES string of the molecule is CCN(CC(C)C#N)c1nccc(C#N)c1N. The third-order valence-corrected chi connectivity index (χ3v) is 2.49. The molecule has 0 amide bonds. The van der Waals surface area contributed by atoms with Gasteiger partial charge >= 0.3 is 0 Å². The highest BCUT2D eigenvalue weighted by Gasteiger charge is 2.14. The summed E-state index contributed by atoms with van der Waals surface area (Å²) < 4.78 is 0. The lowest BCUT2D eigenvalue weighted by atomic mass is 10.1. The van der Waals surface area contributed by atoms with Gasteiger partial charge < -0.3 is 10.6 Å². The minimum atomic E-state index is -0.109. The van der Waals surface area contributed by atoms with E-state index >= 15 is 0 Å². The summed E-state index contributed by atoms with van der Waals surface area (Å²) >= 11 is 0. The topological polar surface area (TPSA) is 89.7 Å². The molecule has 1 atom stereocenters. The van der Waals surface area contributed by atoms with Crippen molar-refractivity contribution >= 4 is 11.5 Å². The van der Waals surface area contributed by atoms with Crippen molar-refractivity contribution in [3.63, 3.8) is 0 Å². The molecule has 0 aliphatic rings. The standard InChI is InChI=1S/C12H15N5/c1-3-17(8-9(2)6-13)12-11(15)10(7-14)4-5-16-12/h4-5,9H,3,8,15H2,1-2H3. The normalized spacial score (nSPS) is 11.3. The zero-order chi connectivity index (χ0) is 12.8.